The molecule has 0 radical (unpaired) electrons. The van der Waals surface area contributed by atoms with Gasteiger partial charge in [-0.1, -0.05) is 36.4 Å². The molecule has 0 heterocycles. The van der Waals surface area contributed by atoms with Crippen molar-refractivity contribution in [2.45, 2.75) is 25.4 Å². The third-order valence-corrected chi connectivity index (χ3v) is 4.76. The van der Waals surface area contributed by atoms with E-state index in [1.807, 2.05) is 18.2 Å². The topological polar surface area (TPSA) is 23.5 Å². The van der Waals surface area contributed by atoms with E-state index in [-0.39, 0.29) is 0 Å². The van der Waals surface area contributed by atoms with Crippen LogP contribution in [-0.2, 0) is 13.0 Å². The number of rotatable bonds is 3. The Morgan fingerprint density at radius 1 is 1.20 bits per heavy atom. The third kappa shape index (κ3) is 2.48. The smallest absolute Gasteiger partial charge is 0.134 e. The molecule has 3 rings (SSSR count). The highest BCUT2D eigenvalue weighted by Crippen LogP contribution is 2.36. The van der Waals surface area contributed by atoms with Crippen LogP contribution >= 0.6 is 15.9 Å². The van der Waals surface area contributed by atoms with Crippen molar-refractivity contribution in [2.24, 2.45) is 0 Å². The van der Waals surface area contributed by atoms with Crippen molar-refractivity contribution in [2.75, 3.05) is 7.05 Å². The first-order valence-corrected chi connectivity index (χ1v) is 7.70. The summed E-state index contributed by atoms with van der Waals surface area (Å²) in [6.45, 7) is 0.754. The predicted molar refractivity (Wildman–Crippen MR) is 84.8 cm³/mol. The van der Waals surface area contributed by atoms with Gasteiger partial charge >= 0.3 is 0 Å². The second kappa shape index (κ2) is 5.58. The average molecular weight is 332 g/mol. The number of fused-ring (bicyclic) bond motifs is 1. The number of hydrogen-bond acceptors (Lipinski definition) is 2. The van der Waals surface area contributed by atoms with Crippen molar-refractivity contribution in [3.63, 3.8) is 0 Å². The molecule has 1 aliphatic carbocycles. The lowest BCUT2D eigenvalue weighted by Crippen LogP contribution is -2.22. The number of aromatic hydroxyl groups is 1. The van der Waals surface area contributed by atoms with Gasteiger partial charge in [0.05, 0.1) is 4.47 Å². The maximum atomic E-state index is 10.1. The minimum Gasteiger partial charge on any atom is -0.506 e. The number of phenols is 1. The predicted octanol–water partition coefficient (Wildman–Crippen LogP) is 4.27. The lowest BCUT2D eigenvalue weighted by atomic mass is 10.1. The summed E-state index contributed by atoms with van der Waals surface area (Å²) in [6, 6.07) is 14.9. The highest BCUT2D eigenvalue weighted by atomic mass is 79.9. The highest BCUT2D eigenvalue weighted by molar-refractivity contribution is 9.10. The van der Waals surface area contributed by atoms with Crippen LogP contribution in [-0.4, -0.2) is 17.1 Å². The fraction of sp³-hybridized carbons (Fsp3) is 0.294. The van der Waals surface area contributed by atoms with Gasteiger partial charge < -0.3 is 5.11 Å². The standard InChI is InChI=1S/C17H18BrNO/c1-19(11-13-6-4-8-15(18)17(13)20)16-10-9-12-5-2-3-7-14(12)16/h2-8,16,20H,9-11H2,1H3. The Kier molecular flexibility index (Phi) is 3.81. The van der Waals surface area contributed by atoms with Crippen LogP contribution in [0.15, 0.2) is 46.9 Å². The molecule has 0 saturated heterocycles. The largest absolute Gasteiger partial charge is 0.506 e. The molecule has 0 amide bonds. The molecule has 104 valence electrons. The summed E-state index contributed by atoms with van der Waals surface area (Å²) < 4.78 is 0.759. The summed E-state index contributed by atoms with van der Waals surface area (Å²) in [5.74, 6) is 0.352. The average Bonchev–Trinajstić information content (AvgIpc) is 2.88. The summed E-state index contributed by atoms with van der Waals surface area (Å²) in [5, 5.41) is 10.1. The van der Waals surface area contributed by atoms with Crippen LogP contribution in [0, 0.1) is 0 Å². The molecule has 1 N–H and O–H groups in total. The zero-order valence-electron chi connectivity index (χ0n) is 11.5. The quantitative estimate of drug-likeness (QED) is 0.907. The lowest BCUT2D eigenvalue weighted by molar-refractivity contribution is 0.233. The maximum absolute atomic E-state index is 10.1. The molecule has 2 aromatic rings. The minimum atomic E-state index is 0.352. The highest BCUT2D eigenvalue weighted by Gasteiger charge is 2.25. The van der Waals surface area contributed by atoms with E-state index >= 15 is 0 Å². The monoisotopic (exact) mass is 331 g/mol. The van der Waals surface area contributed by atoms with Crippen molar-refractivity contribution in [1.82, 2.24) is 4.90 Å². The van der Waals surface area contributed by atoms with Gasteiger partial charge in [0.2, 0.25) is 0 Å². The van der Waals surface area contributed by atoms with Crippen molar-refractivity contribution in [3.05, 3.63) is 63.6 Å². The van der Waals surface area contributed by atoms with E-state index in [1.54, 1.807) is 0 Å². The van der Waals surface area contributed by atoms with E-state index in [0.717, 1.165) is 29.4 Å². The van der Waals surface area contributed by atoms with Crippen LogP contribution < -0.4 is 0 Å². The van der Waals surface area contributed by atoms with Crippen LogP contribution in [0.1, 0.15) is 29.2 Å². The van der Waals surface area contributed by atoms with Gasteiger partial charge in [-0.2, -0.15) is 0 Å². The van der Waals surface area contributed by atoms with Gasteiger partial charge in [-0.25, -0.2) is 0 Å². The molecular formula is C17H18BrNO. The molecule has 1 unspecified atom stereocenters. The number of nitrogens with zero attached hydrogens (tertiary/aromatic N) is 1. The van der Waals surface area contributed by atoms with Crippen LogP contribution in [0.25, 0.3) is 0 Å². The molecule has 0 fully saturated rings. The molecule has 1 aliphatic rings. The number of para-hydroxylation sites is 1. The van der Waals surface area contributed by atoms with E-state index in [0.29, 0.717) is 11.8 Å². The van der Waals surface area contributed by atoms with Gasteiger partial charge in [-0.15, -0.1) is 0 Å². The van der Waals surface area contributed by atoms with Crippen LogP contribution in [0.4, 0.5) is 0 Å². The molecule has 0 aromatic heterocycles. The molecule has 20 heavy (non-hydrogen) atoms. The fourth-order valence-corrected chi connectivity index (χ4v) is 3.47. The van der Waals surface area contributed by atoms with Crippen molar-refractivity contribution < 1.29 is 5.11 Å². The Balaban J connectivity index is 1.81. The first kappa shape index (κ1) is 13.7. The van der Waals surface area contributed by atoms with E-state index < -0.39 is 0 Å². The van der Waals surface area contributed by atoms with E-state index in [4.69, 9.17) is 0 Å². The molecule has 0 saturated carbocycles. The molecule has 2 aromatic carbocycles. The second-order valence-electron chi connectivity index (χ2n) is 5.42. The van der Waals surface area contributed by atoms with Gasteiger partial charge in [0, 0.05) is 18.2 Å². The third-order valence-electron chi connectivity index (χ3n) is 4.12. The minimum absolute atomic E-state index is 0.352. The first-order chi connectivity index (χ1) is 9.66. The number of halogens is 1. The Hall–Kier alpha value is -1.32. The SMILES string of the molecule is CN(Cc1cccc(Br)c1O)C1CCc2ccccc21. The summed E-state index contributed by atoms with van der Waals surface area (Å²) in [7, 11) is 2.13. The number of aryl methyl sites for hydroxylation is 1. The fourth-order valence-electron chi connectivity index (χ4n) is 3.06. The Morgan fingerprint density at radius 2 is 2.00 bits per heavy atom. The van der Waals surface area contributed by atoms with Crippen LogP contribution in [0.3, 0.4) is 0 Å². The van der Waals surface area contributed by atoms with Gasteiger partial charge in [-0.3, -0.25) is 4.90 Å². The summed E-state index contributed by atoms with van der Waals surface area (Å²) >= 11 is 3.38. The van der Waals surface area contributed by atoms with Gasteiger partial charge in [0.25, 0.3) is 0 Å². The summed E-state index contributed by atoms with van der Waals surface area (Å²) in [5.41, 5.74) is 3.86. The van der Waals surface area contributed by atoms with E-state index in [9.17, 15) is 5.11 Å². The van der Waals surface area contributed by atoms with Gasteiger partial charge in [0.1, 0.15) is 5.75 Å². The van der Waals surface area contributed by atoms with Crippen molar-refractivity contribution in [3.8, 4) is 5.75 Å². The van der Waals surface area contributed by atoms with Crippen molar-refractivity contribution >= 4 is 15.9 Å². The zero-order chi connectivity index (χ0) is 14.1. The first-order valence-electron chi connectivity index (χ1n) is 6.91. The Morgan fingerprint density at radius 3 is 2.85 bits per heavy atom. The van der Waals surface area contributed by atoms with Crippen LogP contribution in [0.2, 0.25) is 0 Å². The Bertz CT molecular complexity index is 626. The van der Waals surface area contributed by atoms with E-state index in [1.165, 1.54) is 11.1 Å². The maximum Gasteiger partial charge on any atom is 0.134 e. The molecule has 1 atom stereocenters. The van der Waals surface area contributed by atoms with Crippen LogP contribution in [0.5, 0.6) is 5.75 Å². The number of phenolic OH excluding ortho intramolecular Hbond substituents is 1. The molecule has 0 spiro atoms. The lowest BCUT2D eigenvalue weighted by Gasteiger charge is -2.25. The number of hydrogen-bond donors (Lipinski definition) is 1. The number of benzene rings is 2. The summed E-state index contributed by atoms with van der Waals surface area (Å²) in [6.07, 6.45) is 2.31. The molecule has 0 aliphatic heterocycles. The normalized spacial score (nSPS) is 17.4. The summed E-state index contributed by atoms with van der Waals surface area (Å²) in [4.78, 5) is 2.33. The van der Waals surface area contributed by atoms with Gasteiger partial charge in [-0.05, 0) is 53.0 Å². The van der Waals surface area contributed by atoms with E-state index in [2.05, 4.69) is 52.1 Å². The van der Waals surface area contributed by atoms with Gasteiger partial charge in [0.15, 0.2) is 0 Å². The Labute approximate surface area is 128 Å². The zero-order valence-corrected chi connectivity index (χ0v) is 13.1. The molecular weight excluding hydrogens is 314 g/mol. The molecule has 2 nitrogen and oxygen atoms in total. The second-order valence-corrected chi connectivity index (χ2v) is 6.27. The molecule has 3 heteroatoms. The molecule has 0 bridgehead atoms. The van der Waals surface area contributed by atoms with Crippen molar-refractivity contribution in [1.29, 1.82) is 0 Å².